The van der Waals surface area contributed by atoms with Crippen LogP contribution < -0.4 is 10.6 Å². The predicted molar refractivity (Wildman–Crippen MR) is 111 cm³/mol. The van der Waals surface area contributed by atoms with E-state index in [-0.39, 0.29) is 0 Å². The van der Waals surface area contributed by atoms with E-state index in [4.69, 9.17) is 15.1 Å². The fourth-order valence-electron chi connectivity index (χ4n) is 3.68. The zero-order valence-corrected chi connectivity index (χ0v) is 15.5. The average molecular weight is 371 g/mol. The molecule has 0 aliphatic carbocycles. The number of para-hydroxylation sites is 2. The number of fused-ring (bicyclic) bond motifs is 1. The quantitative estimate of drug-likeness (QED) is 0.570. The van der Waals surface area contributed by atoms with Gasteiger partial charge in [0.05, 0.1) is 11.9 Å². The minimum Gasteiger partial charge on any atom is -0.435 e. The Kier molecular flexibility index (Phi) is 4.16. The molecule has 28 heavy (non-hydrogen) atoms. The first-order chi connectivity index (χ1) is 13.8. The summed E-state index contributed by atoms with van der Waals surface area (Å²) in [5.74, 6) is 0.697. The van der Waals surface area contributed by atoms with Gasteiger partial charge < -0.3 is 15.1 Å². The number of oxazole rings is 1. The lowest BCUT2D eigenvalue weighted by molar-refractivity contribution is 0.578. The number of nitrogens with two attached hydrogens (primary N) is 1. The Morgan fingerprint density at radius 2 is 1.79 bits per heavy atom. The number of hydrogen-bond acceptors (Lipinski definition) is 6. The Bertz CT molecular complexity index is 1100. The summed E-state index contributed by atoms with van der Waals surface area (Å²) in [7, 11) is 0. The van der Waals surface area contributed by atoms with Crippen LogP contribution in [-0.4, -0.2) is 28.0 Å². The van der Waals surface area contributed by atoms with Crippen molar-refractivity contribution in [3.63, 3.8) is 0 Å². The van der Waals surface area contributed by atoms with Crippen LogP contribution in [-0.2, 0) is 0 Å². The topological polar surface area (TPSA) is 81.1 Å². The van der Waals surface area contributed by atoms with Gasteiger partial charge in [-0.1, -0.05) is 24.3 Å². The predicted octanol–water partition coefficient (Wildman–Crippen LogP) is 4.52. The van der Waals surface area contributed by atoms with Gasteiger partial charge in [-0.05, 0) is 43.5 Å². The fraction of sp³-hybridized carbons (Fsp3) is 0.227. The van der Waals surface area contributed by atoms with Crippen LogP contribution in [0.4, 0.5) is 11.5 Å². The number of rotatable bonds is 3. The largest absolute Gasteiger partial charge is 0.435 e. The normalized spacial score (nSPS) is 14.5. The summed E-state index contributed by atoms with van der Waals surface area (Å²) in [5, 5.41) is 0. The van der Waals surface area contributed by atoms with Gasteiger partial charge in [0.15, 0.2) is 17.1 Å². The number of piperidine rings is 1. The molecule has 2 aromatic carbocycles. The van der Waals surface area contributed by atoms with E-state index in [2.05, 4.69) is 33.1 Å². The minimum atomic E-state index is 0.308. The zero-order valence-electron chi connectivity index (χ0n) is 15.5. The van der Waals surface area contributed by atoms with Gasteiger partial charge in [0.25, 0.3) is 0 Å². The lowest BCUT2D eigenvalue weighted by atomic mass is 10.1. The molecule has 0 spiro atoms. The molecule has 1 aliphatic rings. The maximum Gasteiger partial charge on any atom is 0.250 e. The molecule has 0 amide bonds. The lowest BCUT2D eigenvalue weighted by Crippen LogP contribution is -2.29. The molecule has 1 aliphatic heterocycles. The van der Waals surface area contributed by atoms with Gasteiger partial charge in [-0.25, -0.2) is 15.0 Å². The lowest BCUT2D eigenvalue weighted by Gasteiger charge is -2.29. The van der Waals surface area contributed by atoms with Gasteiger partial charge in [0, 0.05) is 24.3 Å². The van der Waals surface area contributed by atoms with Crippen LogP contribution in [0.1, 0.15) is 19.3 Å². The molecule has 2 aromatic heterocycles. The molecule has 0 radical (unpaired) electrons. The first-order valence-corrected chi connectivity index (χ1v) is 9.62. The molecule has 140 valence electrons. The molecule has 5 rings (SSSR count). The van der Waals surface area contributed by atoms with Crippen molar-refractivity contribution in [2.45, 2.75) is 19.3 Å². The van der Waals surface area contributed by atoms with Crippen LogP contribution in [0, 0.1) is 0 Å². The van der Waals surface area contributed by atoms with E-state index in [0.29, 0.717) is 23.0 Å². The molecule has 6 heteroatoms. The summed E-state index contributed by atoms with van der Waals surface area (Å²) < 4.78 is 5.84. The summed E-state index contributed by atoms with van der Waals surface area (Å²) >= 11 is 0. The molecule has 0 saturated carbocycles. The third-order valence-electron chi connectivity index (χ3n) is 5.16. The summed E-state index contributed by atoms with van der Waals surface area (Å²) in [5.41, 5.74) is 11.0. The number of hydrogen-bond donors (Lipinski definition) is 1. The van der Waals surface area contributed by atoms with Gasteiger partial charge in [0.1, 0.15) is 5.52 Å². The average Bonchev–Trinajstić information content (AvgIpc) is 3.19. The number of anilines is 2. The van der Waals surface area contributed by atoms with Crippen molar-refractivity contribution in [2.24, 2.45) is 0 Å². The van der Waals surface area contributed by atoms with Gasteiger partial charge in [-0.3, -0.25) is 0 Å². The zero-order chi connectivity index (χ0) is 18.9. The highest BCUT2D eigenvalue weighted by Crippen LogP contribution is 2.30. The second-order valence-corrected chi connectivity index (χ2v) is 7.07. The van der Waals surface area contributed by atoms with Crippen molar-refractivity contribution < 1.29 is 4.42 Å². The number of nitrogen functional groups attached to an aromatic ring is 1. The van der Waals surface area contributed by atoms with Gasteiger partial charge in [-0.15, -0.1) is 0 Å². The monoisotopic (exact) mass is 371 g/mol. The van der Waals surface area contributed by atoms with Crippen LogP contribution in [0.2, 0.25) is 0 Å². The standard InChI is InChI=1S/C22H21N5O/c23-21-20(22-26-17-9-2-3-10-19(17)28-22)25-18(14-24-21)15-7-6-8-16(13-15)27-11-4-1-5-12-27/h2-3,6-10,13-14H,1,4-5,11-12H2,(H2,23,24). The van der Waals surface area contributed by atoms with Crippen LogP contribution in [0.3, 0.4) is 0 Å². The van der Waals surface area contributed by atoms with Crippen molar-refractivity contribution in [1.29, 1.82) is 0 Å². The van der Waals surface area contributed by atoms with Crippen molar-refractivity contribution in [3.8, 4) is 22.8 Å². The second-order valence-electron chi connectivity index (χ2n) is 7.07. The molecule has 0 atom stereocenters. The van der Waals surface area contributed by atoms with E-state index in [9.17, 15) is 0 Å². The molecule has 1 saturated heterocycles. The van der Waals surface area contributed by atoms with Crippen LogP contribution in [0.5, 0.6) is 0 Å². The van der Waals surface area contributed by atoms with Gasteiger partial charge >= 0.3 is 0 Å². The third kappa shape index (κ3) is 3.07. The third-order valence-corrected chi connectivity index (χ3v) is 5.16. The molecular weight excluding hydrogens is 350 g/mol. The number of aromatic nitrogens is 3. The summed E-state index contributed by atoms with van der Waals surface area (Å²) in [6.45, 7) is 2.20. The van der Waals surface area contributed by atoms with E-state index >= 15 is 0 Å². The highest BCUT2D eigenvalue weighted by Gasteiger charge is 2.16. The smallest absolute Gasteiger partial charge is 0.250 e. The first-order valence-electron chi connectivity index (χ1n) is 9.62. The number of benzene rings is 2. The van der Waals surface area contributed by atoms with Crippen molar-refractivity contribution in [2.75, 3.05) is 23.7 Å². The molecule has 2 N–H and O–H groups in total. The first kappa shape index (κ1) is 16.7. The van der Waals surface area contributed by atoms with Crippen LogP contribution in [0.15, 0.2) is 59.1 Å². The van der Waals surface area contributed by atoms with Gasteiger partial charge in [-0.2, -0.15) is 0 Å². The second kappa shape index (κ2) is 6.96. The Morgan fingerprint density at radius 1 is 0.929 bits per heavy atom. The SMILES string of the molecule is Nc1ncc(-c2cccc(N3CCCCC3)c2)nc1-c1nc2ccccc2o1. The Balaban J connectivity index is 1.54. The van der Waals surface area contributed by atoms with E-state index in [0.717, 1.165) is 29.9 Å². The highest BCUT2D eigenvalue weighted by atomic mass is 16.3. The highest BCUT2D eigenvalue weighted by molar-refractivity contribution is 5.78. The maximum atomic E-state index is 6.09. The Hall–Kier alpha value is -3.41. The summed E-state index contributed by atoms with van der Waals surface area (Å²) in [6.07, 6.45) is 5.51. The van der Waals surface area contributed by atoms with E-state index in [1.165, 1.54) is 24.9 Å². The van der Waals surface area contributed by atoms with Crippen molar-refractivity contribution in [3.05, 3.63) is 54.7 Å². The molecule has 3 heterocycles. The van der Waals surface area contributed by atoms with Crippen LogP contribution >= 0.6 is 0 Å². The minimum absolute atomic E-state index is 0.308. The molecule has 6 nitrogen and oxygen atoms in total. The molecule has 4 aromatic rings. The van der Waals surface area contributed by atoms with E-state index in [1.807, 2.05) is 30.3 Å². The molecule has 0 unspecified atom stereocenters. The van der Waals surface area contributed by atoms with Crippen LogP contribution in [0.25, 0.3) is 33.9 Å². The summed E-state index contributed by atoms with van der Waals surface area (Å²) in [6, 6.07) is 16.0. The summed E-state index contributed by atoms with van der Waals surface area (Å²) in [4.78, 5) is 16.0. The maximum absolute atomic E-state index is 6.09. The van der Waals surface area contributed by atoms with E-state index < -0.39 is 0 Å². The number of nitrogens with zero attached hydrogens (tertiary/aromatic N) is 4. The van der Waals surface area contributed by atoms with E-state index in [1.54, 1.807) is 6.20 Å². The molecule has 0 bridgehead atoms. The van der Waals surface area contributed by atoms with Crippen molar-refractivity contribution in [1.82, 2.24) is 15.0 Å². The molecular formula is C22H21N5O. The Morgan fingerprint density at radius 3 is 2.64 bits per heavy atom. The fourth-order valence-corrected chi connectivity index (χ4v) is 3.68. The van der Waals surface area contributed by atoms with Gasteiger partial charge in [0.2, 0.25) is 5.89 Å². The Labute approximate surface area is 163 Å². The molecule has 1 fully saturated rings. The van der Waals surface area contributed by atoms with Crippen molar-refractivity contribution >= 4 is 22.6 Å².